The van der Waals surface area contributed by atoms with Crippen LogP contribution < -0.4 is 10.1 Å². The van der Waals surface area contributed by atoms with E-state index in [1.165, 1.54) is 0 Å². The van der Waals surface area contributed by atoms with E-state index in [0.717, 1.165) is 12.0 Å². The smallest absolute Gasteiger partial charge is 0.329 e. The van der Waals surface area contributed by atoms with Crippen LogP contribution >= 0.6 is 0 Å². The molecule has 1 aromatic carbocycles. The van der Waals surface area contributed by atoms with Crippen LogP contribution in [-0.2, 0) is 20.7 Å². The Bertz CT molecular complexity index is 537. The average molecular weight is 307 g/mol. The lowest BCUT2D eigenvalue weighted by atomic mass is 9.90. The molecule has 1 aromatic rings. The highest BCUT2D eigenvalue weighted by molar-refractivity contribution is 5.87. The van der Waals surface area contributed by atoms with Gasteiger partial charge in [-0.3, -0.25) is 4.79 Å². The first-order chi connectivity index (χ1) is 10.6. The van der Waals surface area contributed by atoms with E-state index in [2.05, 4.69) is 5.32 Å². The average Bonchev–Trinajstić information content (AvgIpc) is 2.54. The van der Waals surface area contributed by atoms with Gasteiger partial charge < -0.3 is 19.9 Å². The number of carbonyl (C=O) groups is 2. The maximum Gasteiger partial charge on any atom is 0.329 e. The van der Waals surface area contributed by atoms with Crippen LogP contribution in [0.4, 0.5) is 0 Å². The largest absolute Gasteiger partial charge is 0.483 e. The molecule has 6 heteroatoms. The van der Waals surface area contributed by atoms with Crippen molar-refractivity contribution < 1.29 is 24.2 Å². The van der Waals surface area contributed by atoms with Crippen molar-refractivity contribution in [3.8, 4) is 5.75 Å². The number of benzene rings is 1. The van der Waals surface area contributed by atoms with Gasteiger partial charge in [-0.2, -0.15) is 0 Å². The predicted molar refractivity (Wildman–Crippen MR) is 79.9 cm³/mol. The molecule has 6 nitrogen and oxygen atoms in total. The third kappa shape index (κ3) is 3.76. The molecule has 0 radical (unpaired) electrons. The van der Waals surface area contributed by atoms with Gasteiger partial charge in [-0.1, -0.05) is 25.1 Å². The predicted octanol–water partition coefficient (Wildman–Crippen LogP) is 1.38. The summed E-state index contributed by atoms with van der Waals surface area (Å²) in [6.07, 6.45) is 1.33. The van der Waals surface area contributed by atoms with Crippen LogP contribution in [0.3, 0.4) is 0 Å². The van der Waals surface area contributed by atoms with Gasteiger partial charge in [0.25, 0.3) is 5.91 Å². The maximum atomic E-state index is 12.1. The van der Waals surface area contributed by atoms with Crippen molar-refractivity contribution in [1.29, 1.82) is 0 Å². The number of para-hydroxylation sites is 1. The van der Waals surface area contributed by atoms with Crippen molar-refractivity contribution in [1.82, 2.24) is 5.32 Å². The molecule has 0 bridgehead atoms. The number of aliphatic carboxylic acids is 1. The van der Waals surface area contributed by atoms with Gasteiger partial charge in [0.2, 0.25) is 0 Å². The summed E-state index contributed by atoms with van der Waals surface area (Å²) < 4.78 is 10.7. The number of carboxylic acids is 1. The topological polar surface area (TPSA) is 84.9 Å². The Morgan fingerprint density at radius 3 is 2.64 bits per heavy atom. The molecule has 0 aromatic heterocycles. The zero-order valence-electron chi connectivity index (χ0n) is 12.6. The summed E-state index contributed by atoms with van der Waals surface area (Å²) in [5, 5.41) is 12.0. The molecule has 0 unspecified atom stereocenters. The van der Waals surface area contributed by atoms with Crippen molar-refractivity contribution in [2.24, 2.45) is 0 Å². The van der Waals surface area contributed by atoms with E-state index in [-0.39, 0.29) is 19.4 Å². The molecule has 0 spiro atoms. The van der Waals surface area contributed by atoms with Crippen LogP contribution in [0.15, 0.2) is 24.3 Å². The van der Waals surface area contributed by atoms with Gasteiger partial charge in [0.1, 0.15) is 11.3 Å². The van der Waals surface area contributed by atoms with Gasteiger partial charge in [-0.05, 0) is 18.1 Å². The quantitative estimate of drug-likeness (QED) is 0.829. The van der Waals surface area contributed by atoms with E-state index in [9.17, 15) is 14.7 Å². The summed E-state index contributed by atoms with van der Waals surface area (Å²) >= 11 is 0. The lowest BCUT2D eigenvalue weighted by molar-refractivity contribution is -0.152. The maximum absolute atomic E-state index is 12.1. The lowest BCUT2D eigenvalue weighted by Crippen LogP contribution is -2.58. The molecule has 0 atom stereocenters. The summed E-state index contributed by atoms with van der Waals surface area (Å²) in [6, 6.07) is 7.48. The summed E-state index contributed by atoms with van der Waals surface area (Å²) in [5.41, 5.74) is -0.238. The highest BCUT2D eigenvalue weighted by Gasteiger charge is 2.41. The molecule has 1 heterocycles. The van der Waals surface area contributed by atoms with E-state index < -0.39 is 17.4 Å². The molecule has 22 heavy (non-hydrogen) atoms. The first kappa shape index (κ1) is 16.3. The lowest BCUT2D eigenvalue weighted by Gasteiger charge is -2.33. The second-order valence-corrected chi connectivity index (χ2v) is 5.30. The van der Waals surface area contributed by atoms with Crippen molar-refractivity contribution in [2.45, 2.75) is 31.7 Å². The van der Waals surface area contributed by atoms with E-state index in [1.54, 1.807) is 6.07 Å². The number of ether oxygens (including phenoxy) is 2. The van der Waals surface area contributed by atoms with Crippen LogP contribution in [0.25, 0.3) is 0 Å². The SMILES string of the molecule is CCc1ccccc1OCC(=O)NC1(C(=O)O)CCOCC1. The fourth-order valence-electron chi connectivity index (χ4n) is 2.50. The molecule has 1 amide bonds. The molecule has 2 N–H and O–H groups in total. The first-order valence-electron chi connectivity index (χ1n) is 7.40. The number of hydrogen-bond donors (Lipinski definition) is 2. The highest BCUT2D eigenvalue weighted by Crippen LogP contribution is 2.21. The molecule has 1 aliphatic heterocycles. The van der Waals surface area contributed by atoms with Crippen molar-refractivity contribution in [2.75, 3.05) is 19.8 Å². The van der Waals surface area contributed by atoms with Crippen molar-refractivity contribution >= 4 is 11.9 Å². The zero-order valence-corrected chi connectivity index (χ0v) is 12.6. The Kier molecular flexibility index (Phi) is 5.38. The van der Waals surface area contributed by atoms with E-state index in [1.807, 2.05) is 25.1 Å². The number of nitrogens with one attached hydrogen (secondary N) is 1. The van der Waals surface area contributed by atoms with Gasteiger partial charge in [-0.15, -0.1) is 0 Å². The van der Waals surface area contributed by atoms with Crippen LogP contribution in [0, 0.1) is 0 Å². The second kappa shape index (κ2) is 7.26. The fraction of sp³-hybridized carbons (Fsp3) is 0.500. The van der Waals surface area contributed by atoms with Crippen LogP contribution in [0.1, 0.15) is 25.3 Å². The fourth-order valence-corrected chi connectivity index (χ4v) is 2.50. The van der Waals surface area contributed by atoms with Gasteiger partial charge >= 0.3 is 5.97 Å². The molecule has 2 rings (SSSR count). The van der Waals surface area contributed by atoms with Gasteiger partial charge in [0.05, 0.1) is 0 Å². The Balaban J connectivity index is 1.95. The summed E-state index contributed by atoms with van der Waals surface area (Å²) in [6.45, 7) is 2.45. The minimum absolute atomic E-state index is 0.201. The summed E-state index contributed by atoms with van der Waals surface area (Å²) in [4.78, 5) is 23.5. The third-order valence-corrected chi connectivity index (χ3v) is 3.85. The Labute approximate surface area is 129 Å². The molecular formula is C16H21NO5. The number of rotatable bonds is 6. The van der Waals surface area contributed by atoms with Crippen molar-refractivity contribution in [3.05, 3.63) is 29.8 Å². The van der Waals surface area contributed by atoms with Crippen molar-refractivity contribution in [3.63, 3.8) is 0 Å². The first-order valence-corrected chi connectivity index (χ1v) is 7.40. The minimum atomic E-state index is -1.25. The van der Waals surface area contributed by atoms with Gasteiger partial charge in [-0.25, -0.2) is 4.79 Å². The van der Waals surface area contributed by atoms with Gasteiger partial charge in [0.15, 0.2) is 6.61 Å². The van der Waals surface area contributed by atoms with E-state index in [4.69, 9.17) is 9.47 Å². The number of carboxylic acid groups (broad SMARTS) is 1. The molecule has 0 aliphatic carbocycles. The molecule has 1 fully saturated rings. The summed E-state index contributed by atoms with van der Waals surface area (Å²) in [5.74, 6) is -0.815. The highest BCUT2D eigenvalue weighted by atomic mass is 16.5. The molecular weight excluding hydrogens is 286 g/mol. The Morgan fingerprint density at radius 1 is 1.32 bits per heavy atom. The Hall–Kier alpha value is -2.08. The molecule has 0 saturated carbocycles. The number of amides is 1. The standard InChI is InChI=1S/C16H21NO5/c1-2-12-5-3-4-6-13(12)22-11-14(18)17-16(15(19)20)7-9-21-10-8-16/h3-6H,2,7-11H2,1H3,(H,17,18)(H,19,20). The van der Waals surface area contributed by atoms with Gasteiger partial charge in [0, 0.05) is 26.1 Å². The molecule has 1 aliphatic rings. The van der Waals surface area contributed by atoms with E-state index >= 15 is 0 Å². The summed E-state index contributed by atoms with van der Waals surface area (Å²) in [7, 11) is 0. The number of hydrogen-bond acceptors (Lipinski definition) is 4. The molecule has 120 valence electrons. The van der Waals surface area contributed by atoms with Crippen LogP contribution in [-0.4, -0.2) is 42.3 Å². The third-order valence-electron chi connectivity index (χ3n) is 3.85. The van der Waals surface area contributed by atoms with Crippen LogP contribution in [0.2, 0.25) is 0 Å². The minimum Gasteiger partial charge on any atom is -0.483 e. The zero-order chi connectivity index (χ0) is 16.0. The normalized spacial score (nSPS) is 16.8. The monoisotopic (exact) mass is 307 g/mol. The van der Waals surface area contributed by atoms with Crippen LogP contribution in [0.5, 0.6) is 5.75 Å². The van der Waals surface area contributed by atoms with E-state index in [0.29, 0.717) is 19.0 Å². The molecule has 1 saturated heterocycles. The number of aryl methyl sites for hydroxylation is 1. The second-order valence-electron chi connectivity index (χ2n) is 5.30. The Morgan fingerprint density at radius 2 is 2.00 bits per heavy atom. The number of carbonyl (C=O) groups excluding carboxylic acids is 1.